The number of hydrogen-bond donors (Lipinski definition) is 0. The first-order valence-electron chi connectivity index (χ1n) is 6.54. The highest BCUT2D eigenvalue weighted by Crippen LogP contribution is 2.38. The monoisotopic (exact) mass is 286 g/mol. The molecule has 1 aromatic heterocycles. The lowest BCUT2D eigenvalue weighted by Gasteiger charge is -2.41. The van der Waals surface area contributed by atoms with Gasteiger partial charge in [0, 0.05) is 13.1 Å². The van der Waals surface area contributed by atoms with Crippen LogP contribution >= 0.6 is 23.2 Å². The number of nitrogens with zero attached hydrogens (tertiary/aromatic N) is 4. The zero-order valence-electron chi connectivity index (χ0n) is 10.1. The summed E-state index contributed by atoms with van der Waals surface area (Å²) in [6, 6.07) is 0. The molecule has 1 aromatic rings. The van der Waals surface area contributed by atoms with Crippen LogP contribution in [0.5, 0.6) is 0 Å². The molecule has 2 heterocycles. The maximum Gasteiger partial charge on any atom is 0.245 e. The third-order valence-electron chi connectivity index (χ3n) is 4.19. The molecule has 1 aliphatic carbocycles. The Labute approximate surface area is 117 Å². The fourth-order valence-electron chi connectivity index (χ4n) is 3.28. The number of aromatic nitrogens is 3. The second-order valence-corrected chi connectivity index (χ2v) is 5.93. The van der Waals surface area contributed by atoms with Crippen LogP contribution in [0.4, 0.5) is 5.82 Å². The van der Waals surface area contributed by atoms with E-state index in [1.165, 1.54) is 32.1 Å². The van der Waals surface area contributed by atoms with Crippen LogP contribution in [0.25, 0.3) is 0 Å². The molecule has 0 aromatic carbocycles. The van der Waals surface area contributed by atoms with E-state index in [2.05, 4.69) is 20.1 Å². The van der Waals surface area contributed by atoms with Gasteiger partial charge in [0.2, 0.25) is 5.28 Å². The summed E-state index contributed by atoms with van der Waals surface area (Å²) in [6.07, 6.45) is 6.68. The maximum atomic E-state index is 6.07. The van der Waals surface area contributed by atoms with Gasteiger partial charge in [0.05, 0.1) is 0 Å². The normalized spacial score (nSPS) is 28.0. The lowest BCUT2D eigenvalue weighted by molar-refractivity contribution is 0.202. The van der Waals surface area contributed by atoms with Crippen molar-refractivity contribution in [3.05, 3.63) is 10.4 Å². The average Bonchev–Trinajstić information content (AvgIpc) is 2.41. The highest BCUT2D eigenvalue weighted by Gasteiger charge is 2.32. The summed E-state index contributed by atoms with van der Waals surface area (Å²) in [7, 11) is 0. The number of piperidine rings is 1. The molecule has 0 N–H and O–H groups in total. The molecule has 2 unspecified atom stereocenters. The van der Waals surface area contributed by atoms with Gasteiger partial charge in [-0.15, -0.1) is 10.2 Å². The van der Waals surface area contributed by atoms with Crippen molar-refractivity contribution in [2.24, 2.45) is 11.8 Å². The number of hydrogen-bond acceptors (Lipinski definition) is 4. The van der Waals surface area contributed by atoms with Gasteiger partial charge < -0.3 is 4.90 Å². The molecule has 98 valence electrons. The zero-order valence-corrected chi connectivity index (χ0v) is 11.7. The lowest BCUT2D eigenvalue weighted by atomic mass is 9.75. The van der Waals surface area contributed by atoms with Crippen molar-refractivity contribution in [2.75, 3.05) is 18.0 Å². The van der Waals surface area contributed by atoms with E-state index in [0.29, 0.717) is 11.0 Å². The molecule has 2 atom stereocenters. The Morgan fingerprint density at radius 2 is 1.78 bits per heavy atom. The van der Waals surface area contributed by atoms with Gasteiger partial charge in [-0.05, 0) is 36.3 Å². The van der Waals surface area contributed by atoms with Crippen molar-refractivity contribution in [1.82, 2.24) is 15.2 Å². The van der Waals surface area contributed by atoms with E-state index < -0.39 is 0 Å². The van der Waals surface area contributed by atoms with Crippen LogP contribution in [0.1, 0.15) is 32.1 Å². The third kappa shape index (κ3) is 2.41. The Balaban J connectivity index is 1.79. The Morgan fingerprint density at radius 3 is 2.61 bits per heavy atom. The topological polar surface area (TPSA) is 41.9 Å². The van der Waals surface area contributed by atoms with Gasteiger partial charge in [-0.3, -0.25) is 0 Å². The smallest absolute Gasteiger partial charge is 0.245 e. The molecule has 18 heavy (non-hydrogen) atoms. The zero-order chi connectivity index (χ0) is 12.5. The summed E-state index contributed by atoms with van der Waals surface area (Å²) in [5.74, 6) is 2.36. The first kappa shape index (κ1) is 12.4. The largest absolute Gasteiger partial charge is 0.354 e. The summed E-state index contributed by atoms with van der Waals surface area (Å²) < 4.78 is 0. The van der Waals surface area contributed by atoms with Crippen LogP contribution in [0.15, 0.2) is 0 Å². The minimum Gasteiger partial charge on any atom is -0.354 e. The standard InChI is InChI=1S/C12H16Cl2N4/c13-10-11(15-12(14)17-16-10)18-6-5-8-3-1-2-4-9(8)7-18/h8-9H,1-7H2. The Hall–Kier alpha value is -0.610. The second-order valence-electron chi connectivity index (χ2n) is 5.23. The Morgan fingerprint density at radius 1 is 1.00 bits per heavy atom. The molecule has 0 spiro atoms. The minimum atomic E-state index is 0.167. The summed E-state index contributed by atoms with van der Waals surface area (Å²) in [5, 5.41) is 8.02. The molecule has 0 radical (unpaired) electrons. The van der Waals surface area contributed by atoms with Gasteiger partial charge >= 0.3 is 0 Å². The first-order valence-corrected chi connectivity index (χ1v) is 7.30. The molecule has 0 amide bonds. The summed E-state index contributed by atoms with van der Waals surface area (Å²) in [6.45, 7) is 2.02. The fraction of sp³-hybridized carbons (Fsp3) is 0.750. The van der Waals surface area contributed by atoms with Gasteiger partial charge in [0.25, 0.3) is 0 Å². The van der Waals surface area contributed by atoms with Crippen LogP contribution in [0.3, 0.4) is 0 Å². The van der Waals surface area contributed by atoms with Crippen LogP contribution in [0.2, 0.25) is 10.4 Å². The third-order valence-corrected chi connectivity index (χ3v) is 4.60. The Bertz CT molecular complexity index is 440. The van der Waals surface area contributed by atoms with Crippen molar-refractivity contribution in [2.45, 2.75) is 32.1 Å². The van der Waals surface area contributed by atoms with E-state index in [9.17, 15) is 0 Å². The number of fused-ring (bicyclic) bond motifs is 1. The van der Waals surface area contributed by atoms with Gasteiger partial charge in [-0.2, -0.15) is 4.98 Å². The van der Waals surface area contributed by atoms with E-state index >= 15 is 0 Å². The number of anilines is 1. The Kier molecular flexibility index (Phi) is 3.57. The molecule has 1 saturated carbocycles. The fourth-order valence-corrected chi connectivity index (χ4v) is 3.60. The SMILES string of the molecule is Clc1nnc(Cl)c(N2CCC3CCCCC3C2)n1. The predicted octanol–water partition coefficient (Wildman–Crippen LogP) is 3.19. The van der Waals surface area contributed by atoms with Crippen molar-refractivity contribution >= 4 is 29.0 Å². The first-order chi connectivity index (χ1) is 8.74. The van der Waals surface area contributed by atoms with Crippen LogP contribution in [0, 0.1) is 11.8 Å². The van der Waals surface area contributed by atoms with E-state index in [1.54, 1.807) is 0 Å². The molecule has 1 saturated heterocycles. The van der Waals surface area contributed by atoms with E-state index in [0.717, 1.165) is 24.9 Å². The molecular weight excluding hydrogens is 271 g/mol. The van der Waals surface area contributed by atoms with E-state index in [1.807, 2.05) is 0 Å². The van der Waals surface area contributed by atoms with Crippen LogP contribution in [-0.2, 0) is 0 Å². The highest BCUT2D eigenvalue weighted by molar-refractivity contribution is 6.32. The van der Waals surface area contributed by atoms with Gasteiger partial charge in [0.15, 0.2) is 11.0 Å². The summed E-state index contributed by atoms with van der Waals surface area (Å²) >= 11 is 11.9. The molecule has 6 heteroatoms. The minimum absolute atomic E-state index is 0.167. The molecule has 0 bridgehead atoms. The van der Waals surface area contributed by atoms with Crippen molar-refractivity contribution in [3.63, 3.8) is 0 Å². The number of halogens is 2. The quantitative estimate of drug-likeness (QED) is 0.795. The maximum absolute atomic E-state index is 6.07. The average molecular weight is 287 g/mol. The summed E-state index contributed by atoms with van der Waals surface area (Å²) in [4.78, 5) is 6.44. The van der Waals surface area contributed by atoms with Crippen molar-refractivity contribution in [3.8, 4) is 0 Å². The van der Waals surface area contributed by atoms with Crippen LogP contribution in [-0.4, -0.2) is 28.3 Å². The molecular formula is C12H16Cl2N4. The second kappa shape index (κ2) is 5.17. The van der Waals surface area contributed by atoms with E-state index in [4.69, 9.17) is 23.2 Å². The highest BCUT2D eigenvalue weighted by atomic mass is 35.5. The number of rotatable bonds is 1. The molecule has 3 rings (SSSR count). The van der Waals surface area contributed by atoms with Gasteiger partial charge in [-0.25, -0.2) is 0 Å². The summed E-state index contributed by atoms with van der Waals surface area (Å²) in [5.41, 5.74) is 0. The molecule has 2 fully saturated rings. The van der Waals surface area contributed by atoms with Gasteiger partial charge in [0.1, 0.15) is 0 Å². The van der Waals surface area contributed by atoms with Gasteiger partial charge in [-0.1, -0.05) is 30.9 Å². The molecule has 1 aliphatic heterocycles. The van der Waals surface area contributed by atoms with Crippen molar-refractivity contribution < 1.29 is 0 Å². The molecule has 2 aliphatic rings. The lowest BCUT2D eigenvalue weighted by Crippen LogP contribution is -2.42. The predicted molar refractivity (Wildman–Crippen MR) is 72.1 cm³/mol. The van der Waals surface area contributed by atoms with E-state index in [-0.39, 0.29) is 5.28 Å². The van der Waals surface area contributed by atoms with Crippen molar-refractivity contribution in [1.29, 1.82) is 0 Å². The molecule has 4 nitrogen and oxygen atoms in total. The van der Waals surface area contributed by atoms with Crippen LogP contribution < -0.4 is 4.90 Å².